The number of carbonyl (C=O) groups excluding carboxylic acids is 1. The Morgan fingerprint density at radius 1 is 1.11 bits per heavy atom. The maximum Gasteiger partial charge on any atom is 0.333 e. The first-order valence-electron chi connectivity index (χ1n) is 7.46. The van der Waals surface area contributed by atoms with E-state index in [-0.39, 0.29) is 5.97 Å². The van der Waals surface area contributed by atoms with E-state index < -0.39 is 0 Å². The summed E-state index contributed by atoms with van der Waals surface area (Å²) in [5, 5.41) is 0. The lowest BCUT2D eigenvalue weighted by molar-refractivity contribution is -0.140. The van der Waals surface area contributed by atoms with Crippen LogP contribution in [-0.4, -0.2) is 12.6 Å². The minimum atomic E-state index is -0.223. The molecule has 4 fully saturated rings. The Bertz CT molecular complexity index is 330. The molecule has 0 unspecified atom stereocenters. The van der Waals surface area contributed by atoms with E-state index in [1.807, 2.05) is 0 Å². The van der Waals surface area contributed by atoms with Crippen molar-refractivity contribution in [2.24, 2.45) is 29.6 Å². The second kappa shape index (κ2) is 4.71. The van der Waals surface area contributed by atoms with Crippen LogP contribution >= 0.6 is 0 Å². The van der Waals surface area contributed by atoms with Gasteiger partial charge in [-0.3, -0.25) is 0 Å². The molecule has 0 heterocycles. The quantitative estimate of drug-likeness (QED) is 0.561. The Kier molecular flexibility index (Phi) is 3.21. The first kappa shape index (κ1) is 12.3. The van der Waals surface area contributed by atoms with Crippen LogP contribution in [0.4, 0.5) is 0 Å². The maximum atomic E-state index is 11.4. The van der Waals surface area contributed by atoms with Crippen molar-refractivity contribution < 1.29 is 9.53 Å². The van der Waals surface area contributed by atoms with Crippen LogP contribution in [0.2, 0.25) is 0 Å². The van der Waals surface area contributed by atoms with E-state index in [0.717, 1.165) is 36.0 Å². The van der Waals surface area contributed by atoms with Gasteiger partial charge >= 0.3 is 5.97 Å². The van der Waals surface area contributed by atoms with Gasteiger partial charge in [-0.25, -0.2) is 4.79 Å². The van der Waals surface area contributed by atoms with E-state index in [9.17, 15) is 4.79 Å². The van der Waals surface area contributed by atoms with Crippen LogP contribution in [0.25, 0.3) is 0 Å². The first-order valence-corrected chi connectivity index (χ1v) is 7.46. The highest BCUT2D eigenvalue weighted by molar-refractivity contribution is 5.86. The van der Waals surface area contributed by atoms with Gasteiger partial charge in [0.2, 0.25) is 0 Å². The summed E-state index contributed by atoms with van der Waals surface area (Å²) in [4.78, 5) is 11.4. The van der Waals surface area contributed by atoms with Crippen LogP contribution in [0, 0.1) is 29.6 Å². The number of carbonyl (C=O) groups is 1. The fourth-order valence-electron chi connectivity index (χ4n) is 4.92. The molecule has 100 valence electrons. The summed E-state index contributed by atoms with van der Waals surface area (Å²) in [6.45, 7) is 5.93. The molecule has 0 atom stereocenters. The number of ether oxygens (including phenoxy) is 1. The fourth-order valence-corrected chi connectivity index (χ4v) is 4.92. The third-order valence-electron chi connectivity index (χ3n) is 5.45. The predicted molar refractivity (Wildman–Crippen MR) is 70.9 cm³/mol. The number of esters is 1. The Labute approximate surface area is 110 Å². The van der Waals surface area contributed by atoms with Crippen molar-refractivity contribution in [1.82, 2.24) is 0 Å². The normalized spacial score (nSPS) is 40.8. The van der Waals surface area contributed by atoms with Crippen LogP contribution in [0.5, 0.6) is 0 Å². The molecule has 0 aromatic heterocycles. The molecular formula is C16H24O2. The van der Waals surface area contributed by atoms with Gasteiger partial charge in [0.25, 0.3) is 0 Å². The third-order valence-corrected chi connectivity index (χ3v) is 5.45. The topological polar surface area (TPSA) is 26.3 Å². The summed E-state index contributed by atoms with van der Waals surface area (Å²) in [6.07, 6.45) is 8.38. The average Bonchev–Trinajstić information content (AvgIpc) is 2.31. The van der Waals surface area contributed by atoms with Gasteiger partial charge in [-0.2, -0.15) is 0 Å². The first-order chi connectivity index (χ1) is 8.63. The number of rotatable bonds is 4. The van der Waals surface area contributed by atoms with E-state index in [2.05, 4.69) is 6.58 Å². The van der Waals surface area contributed by atoms with E-state index in [4.69, 9.17) is 4.74 Å². The molecule has 0 aromatic carbocycles. The van der Waals surface area contributed by atoms with Crippen molar-refractivity contribution in [1.29, 1.82) is 0 Å². The summed E-state index contributed by atoms with van der Waals surface area (Å²) < 4.78 is 5.27. The molecule has 4 aliphatic rings. The summed E-state index contributed by atoms with van der Waals surface area (Å²) >= 11 is 0. The van der Waals surface area contributed by atoms with Crippen LogP contribution < -0.4 is 0 Å². The highest BCUT2D eigenvalue weighted by Crippen LogP contribution is 2.57. The van der Waals surface area contributed by atoms with Crippen molar-refractivity contribution >= 4 is 5.97 Å². The Hall–Kier alpha value is -0.790. The van der Waals surface area contributed by atoms with E-state index >= 15 is 0 Å². The molecule has 0 N–H and O–H groups in total. The Morgan fingerprint density at radius 3 is 2.17 bits per heavy atom. The third kappa shape index (κ3) is 2.22. The van der Waals surface area contributed by atoms with Gasteiger partial charge in [0.05, 0.1) is 6.61 Å². The zero-order valence-corrected chi connectivity index (χ0v) is 11.4. The molecule has 0 amide bonds. The Morgan fingerprint density at radius 2 is 1.67 bits per heavy atom. The highest BCUT2D eigenvalue weighted by Gasteiger charge is 2.47. The molecular weight excluding hydrogens is 224 g/mol. The lowest BCUT2D eigenvalue weighted by Crippen LogP contribution is -2.45. The molecule has 4 saturated carbocycles. The van der Waals surface area contributed by atoms with Gasteiger partial charge < -0.3 is 4.74 Å². The molecule has 2 heteroatoms. The molecule has 2 nitrogen and oxygen atoms in total. The smallest absolute Gasteiger partial charge is 0.333 e. The van der Waals surface area contributed by atoms with Crippen LogP contribution in [-0.2, 0) is 9.53 Å². The van der Waals surface area contributed by atoms with E-state index in [1.165, 1.54) is 32.1 Å². The fraction of sp³-hybridized carbons (Fsp3) is 0.812. The zero-order chi connectivity index (χ0) is 12.7. The van der Waals surface area contributed by atoms with Crippen molar-refractivity contribution in [3.63, 3.8) is 0 Å². The van der Waals surface area contributed by atoms with Crippen LogP contribution in [0.1, 0.15) is 45.4 Å². The monoisotopic (exact) mass is 248 g/mol. The molecule has 18 heavy (non-hydrogen) atoms. The molecule has 0 aromatic rings. The molecule has 4 aliphatic carbocycles. The molecule has 0 spiro atoms. The van der Waals surface area contributed by atoms with Gasteiger partial charge in [0.15, 0.2) is 0 Å². The second-order valence-corrected chi connectivity index (χ2v) is 6.80. The van der Waals surface area contributed by atoms with Crippen LogP contribution in [0.3, 0.4) is 0 Å². The highest BCUT2D eigenvalue weighted by atomic mass is 16.5. The standard InChI is InChI=1S/C16H24O2/c1-10(2)16(17)18-4-3-15-13-6-11-5-12(8-13)9-14(15)7-11/h11-15H,1,3-9H2,2H3. The van der Waals surface area contributed by atoms with Crippen molar-refractivity contribution in [2.45, 2.75) is 45.4 Å². The number of hydrogen-bond donors (Lipinski definition) is 0. The van der Waals surface area contributed by atoms with Crippen LogP contribution in [0.15, 0.2) is 12.2 Å². The zero-order valence-electron chi connectivity index (χ0n) is 11.4. The minimum Gasteiger partial charge on any atom is -0.462 e. The van der Waals surface area contributed by atoms with Gasteiger partial charge in [-0.05, 0) is 75.0 Å². The summed E-state index contributed by atoms with van der Waals surface area (Å²) in [6, 6.07) is 0. The molecule has 0 aliphatic heterocycles. The van der Waals surface area contributed by atoms with Gasteiger partial charge in [0, 0.05) is 5.57 Å². The van der Waals surface area contributed by atoms with Gasteiger partial charge in [0.1, 0.15) is 0 Å². The van der Waals surface area contributed by atoms with Crippen molar-refractivity contribution in [3.05, 3.63) is 12.2 Å². The molecule has 4 rings (SSSR count). The average molecular weight is 248 g/mol. The molecule has 4 bridgehead atoms. The maximum absolute atomic E-state index is 11.4. The molecule has 0 radical (unpaired) electrons. The summed E-state index contributed by atoms with van der Waals surface area (Å²) in [5.41, 5.74) is 0.514. The predicted octanol–water partition coefficient (Wildman–Crippen LogP) is 3.57. The van der Waals surface area contributed by atoms with Crippen molar-refractivity contribution in [3.8, 4) is 0 Å². The molecule has 0 saturated heterocycles. The lowest BCUT2D eigenvalue weighted by atomic mass is 9.51. The van der Waals surface area contributed by atoms with Gasteiger partial charge in [-0.15, -0.1) is 0 Å². The SMILES string of the molecule is C=C(C)C(=O)OCCC1C2CC3CC(C2)CC1C3. The summed E-state index contributed by atoms with van der Waals surface area (Å²) in [5.74, 6) is 4.53. The minimum absolute atomic E-state index is 0.223. The second-order valence-electron chi connectivity index (χ2n) is 6.80. The Balaban J connectivity index is 1.51. The van der Waals surface area contributed by atoms with E-state index in [0.29, 0.717) is 12.2 Å². The lowest BCUT2D eigenvalue weighted by Gasteiger charge is -2.54. The number of hydrogen-bond acceptors (Lipinski definition) is 2. The van der Waals surface area contributed by atoms with Crippen molar-refractivity contribution in [2.75, 3.05) is 6.61 Å². The summed E-state index contributed by atoms with van der Waals surface area (Å²) in [7, 11) is 0. The largest absolute Gasteiger partial charge is 0.462 e. The van der Waals surface area contributed by atoms with Gasteiger partial charge in [-0.1, -0.05) is 6.58 Å². The van der Waals surface area contributed by atoms with E-state index in [1.54, 1.807) is 6.92 Å².